The zero-order valence-electron chi connectivity index (χ0n) is 9.63. The number of carbonyl (C=O) groups is 1. The Balaban J connectivity index is 1.77. The second-order valence-corrected chi connectivity index (χ2v) is 4.31. The molecule has 1 aromatic rings. The van der Waals surface area contributed by atoms with E-state index in [4.69, 9.17) is 0 Å². The highest BCUT2D eigenvalue weighted by Crippen LogP contribution is 2.25. The molecule has 2 rings (SSSR count). The molecule has 1 aromatic heterocycles. The number of rotatable bonds is 4. The molecule has 0 saturated heterocycles. The van der Waals surface area contributed by atoms with E-state index >= 15 is 0 Å². The number of aromatic nitrogens is 3. The Hall–Kier alpha value is -1.59. The predicted octanol–water partition coefficient (Wildman–Crippen LogP) is 0.470. The molecule has 88 valence electrons. The van der Waals surface area contributed by atoms with E-state index in [9.17, 15) is 4.79 Å². The van der Waals surface area contributed by atoms with Gasteiger partial charge in [-0.25, -0.2) is 9.78 Å². The molecule has 16 heavy (non-hydrogen) atoms. The highest BCUT2D eigenvalue weighted by atomic mass is 16.2. The minimum Gasteiger partial charge on any atom is -0.334 e. The second-order valence-electron chi connectivity index (χ2n) is 4.31. The lowest BCUT2D eigenvalue weighted by Crippen LogP contribution is -2.44. The first-order chi connectivity index (χ1) is 7.66. The number of amides is 2. The summed E-state index contributed by atoms with van der Waals surface area (Å²) in [5.74, 6) is 0. The maximum atomic E-state index is 11.7. The molecule has 1 N–H and O–H groups in total. The van der Waals surface area contributed by atoms with Crippen LogP contribution in [0.3, 0.4) is 0 Å². The van der Waals surface area contributed by atoms with Crippen LogP contribution in [0.2, 0.25) is 0 Å². The number of nitrogens with one attached hydrogen (secondary N) is 1. The van der Waals surface area contributed by atoms with Crippen LogP contribution in [0.1, 0.15) is 19.8 Å². The number of carbonyl (C=O) groups excluding carboxylic acids is 1. The predicted molar refractivity (Wildman–Crippen MR) is 58.8 cm³/mol. The molecule has 1 fully saturated rings. The summed E-state index contributed by atoms with van der Waals surface area (Å²) >= 11 is 0. The van der Waals surface area contributed by atoms with Crippen LogP contribution in [-0.4, -0.2) is 44.8 Å². The van der Waals surface area contributed by atoms with Crippen molar-refractivity contribution in [2.45, 2.75) is 38.4 Å². The van der Waals surface area contributed by atoms with Crippen LogP contribution in [0.4, 0.5) is 4.79 Å². The highest BCUT2D eigenvalue weighted by Gasteiger charge is 2.29. The lowest BCUT2D eigenvalue weighted by Gasteiger charge is -2.20. The number of urea groups is 1. The Kier molecular flexibility index (Phi) is 3.07. The Labute approximate surface area is 94.6 Å². The number of hydrogen-bond acceptors (Lipinski definition) is 3. The maximum Gasteiger partial charge on any atom is 0.317 e. The van der Waals surface area contributed by atoms with Gasteiger partial charge in [-0.1, -0.05) is 0 Å². The zero-order chi connectivity index (χ0) is 11.5. The topological polar surface area (TPSA) is 63.1 Å². The van der Waals surface area contributed by atoms with Crippen molar-refractivity contribution in [2.24, 2.45) is 0 Å². The minimum atomic E-state index is -0.00452. The largest absolute Gasteiger partial charge is 0.334 e. The summed E-state index contributed by atoms with van der Waals surface area (Å²) in [4.78, 5) is 17.4. The quantitative estimate of drug-likeness (QED) is 0.807. The van der Waals surface area contributed by atoms with Gasteiger partial charge in [-0.2, -0.15) is 5.10 Å². The Morgan fingerprint density at radius 1 is 1.69 bits per heavy atom. The average Bonchev–Trinajstić information content (AvgIpc) is 2.97. The first-order valence-corrected chi connectivity index (χ1v) is 5.52. The van der Waals surface area contributed by atoms with E-state index in [1.165, 1.54) is 6.33 Å². The molecule has 6 heteroatoms. The fourth-order valence-corrected chi connectivity index (χ4v) is 1.59. The molecule has 0 spiro atoms. The van der Waals surface area contributed by atoms with Crippen molar-refractivity contribution in [3.63, 3.8) is 0 Å². The van der Waals surface area contributed by atoms with Crippen LogP contribution in [0, 0.1) is 0 Å². The average molecular weight is 223 g/mol. The maximum absolute atomic E-state index is 11.7. The van der Waals surface area contributed by atoms with Gasteiger partial charge < -0.3 is 10.2 Å². The van der Waals surface area contributed by atoms with Crippen LogP contribution < -0.4 is 5.32 Å². The van der Waals surface area contributed by atoms with Crippen molar-refractivity contribution in [1.29, 1.82) is 0 Å². The highest BCUT2D eigenvalue weighted by molar-refractivity contribution is 5.74. The Bertz CT molecular complexity index is 346. The number of hydrogen-bond donors (Lipinski definition) is 1. The molecule has 1 saturated carbocycles. The van der Waals surface area contributed by atoms with E-state index in [0.717, 1.165) is 12.8 Å². The summed E-state index contributed by atoms with van der Waals surface area (Å²) in [6.07, 6.45) is 5.39. The summed E-state index contributed by atoms with van der Waals surface area (Å²) < 4.78 is 1.71. The molecular formula is C10H17N5O. The molecule has 1 unspecified atom stereocenters. The van der Waals surface area contributed by atoms with Crippen molar-refractivity contribution in [2.75, 3.05) is 7.05 Å². The lowest BCUT2D eigenvalue weighted by atomic mass is 10.3. The summed E-state index contributed by atoms with van der Waals surface area (Å²) in [5.41, 5.74) is 0. The van der Waals surface area contributed by atoms with Gasteiger partial charge in [0, 0.05) is 19.1 Å². The van der Waals surface area contributed by atoms with Crippen LogP contribution in [0.25, 0.3) is 0 Å². The molecule has 0 aromatic carbocycles. The standard InChI is InChI=1S/C10H17N5O/c1-8(5-15-7-11-6-12-15)13-10(16)14(2)9-3-4-9/h6-9H,3-5H2,1-2H3,(H,13,16). The van der Waals surface area contributed by atoms with E-state index in [1.807, 2.05) is 14.0 Å². The summed E-state index contributed by atoms with van der Waals surface area (Å²) in [7, 11) is 1.84. The third kappa shape index (κ3) is 2.71. The SMILES string of the molecule is CC(Cn1cncn1)NC(=O)N(C)C1CC1. The normalized spacial score (nSPS) is 16.9. The molecular weight excluding hydrogens is 206 g/mol. The number of nitrogens with zero attached hydrogens (tertiary/aromatic N) is 4. The van der Waals surface area contributed by atoms with Gasteiger partial charge in [0.1, 0.15) is 12.7 Å². The van der Waals surface area contributed by atoms with E-state index in [2.05, 4.69) is 15.4 Å². The van der Waals surface area contributed by atoms with Crippen molar-refractivity contribution in [1.82, 2.24) is 25.0 Å². The fraction of sp³-hybridized carbons (Fsp3) is 0.700. The van der Waals surface area contributed by atoms with Crippen molar-refractivity contribution in [3.05, 3.63) is 12.7 Å². The molecule has 0 bridgehead atoms. The van der Waals surface area contributed by atoms with Gasteiger partial charge in [0.05, 0.1) is 6.54 Å². The van der Waals surface area contributed by atoms with Gasteiger partial charge in [0.15, 0.2) is 0 Å². The molecule has 0 radical (unpaired) electrons. The molecule has 0 aliphatic heterocycles. The second kappa shape index (κ2) is 4.51. The lowest BCUT2D eigenvalue weighted by molar-refractivity contribution is 0.201. The Morgan fingerprint density at radius 3 is 3.00 bits per heavy atom. The van der Waals surface area contributed by atoms with Crippen molar-refractivity contribution in [3.8, 4) is 0 Å². The smallest absolute Gasteiger partial charge is 0.317 e. The van der Waals surface area contributed by atoms with Gasteiger partial charge in [0.25, 0.3) is 0 Å². The molecule has 6 nitrogen and oxygen atoms in total. The van der Waals surface area contributed by atoms with Crippen molar-refractivity contribution < 1.29 is 4.79 Å². The Morgan fingerprint density at radius 2 is 2.44 bits per heavy atom. The third-order valence-corrected chi connectivity index (χ3v) is 2.71. The minimum absolute atomic E-state index is 0.00452. The summed E-state index contributed by atoms with van der Waals surface area (Å²) in [6, 6.07) is 0.490. The molecule has 1 aliphatic carbocycles. The monoisotopic (exact) mass is 223 g/mol. The molecule has 1 heterocycles. The van der Waals surface area contributed by atoms with Crippen LogP contribution in [0.5, 0.6) is 0 Å². The third-order valence-electron chi connectivity index (χ3n) is 2.71. The van der Waals surface area contributed by atoms with Gasteiger partial charge >= 0.3 is 6.03 Å². The van der Waals surface area contributed by atoms with Crippen LogP contribution in [-0.2, 0) is 6.54 Å². The van der Waals surface area contributed by atoms with Crippen LogP contribution in [0.15, 0.2) is 12.7 Å². The van der Waals surface area contributed by atoms with E-state index in [1.54, 1.807) is 15.9 Å². The zero-order valence-corrected chi connectivity index (χ0v) is 9.63. The molecule has 2 amide bonds. The first-order valence-electron chi connectivity index (χ1n) is 5.52. The first kappa shape index (κ1) is 10.9. The van der Waals surface area contributed by atoms with Gasteiger partial charge in [-0.15, -0.1) is 0 Å². The molecule has 1 atom stereocenters. The fourth-order valence-electron chi connectivity index (χ4n) is 1.59. The van der Waals surface area contributed by atoms with Gasteiger partial charge in [-0.3, -0.25) is 4.68 Å². The summed E-state index contributed by atoms with van der Waals surface area (Å²) in [6.45, 7) is 2.60. The van der Waals surface area contributed by atoms with E-state index in [0.29, 0.717) is 12.6 Å². The molecule has 1 aliphatic rings. The van der Waals surface area contributed by atoms with Crippen LogP contribution >= 0.6 is 0 Å². The van der Waals surface area contributed by atoms with Crippen molar-refractivity contribution >= 4 is 6.03 Å². The van der Waals surface area contributed by atoms with Gasteiger partial charge in [-0.05, 0) is 19.8 Å². The van der Waals surface area contributed by atoms with Gasteiger partial charge in [0.2, 0.25) is 0 Å². The summed E-state index contributed by atoms with van der Waals surface area (Å²) in [5, 5.41) is 6.93. The van der Waals surface area contributed by atoms with E-state index < -0.39 is 0 Å². The van der Waals surface area contributed by atoms with E-state index in [-0.39, 0.29) is 12.1 Å².